The third-order valence-corrected chi connectivity index (χ3v) is 3.72. The van der Waals surface area contributed by atoms with Crippen LogP contribution in [0.2, 0.25) is 15.1 Å². The number of rotatable bonds is 4. The van der Waals surface area contributed by atoms with E-state index in [-0.39, 0.29) is 6.04 Å². The molecule has 1 atom stereocenters. The molecular formula is C14H13Cl3N2. The van der Waals surface area contributed by atoms with E-state index in [1.165, 1.54) is 0 Å². The van der Waals surface area contributed by atoms with Crippen LogP contribution in [0.1, 0.15) is 17.2 Å². The maximum absolute atomic E-state index is 6.19. The van der Waals surface area contributed by atoms with Gasteiger partial charge in [0.05, 0.1) is 6.04 Å². The molecule has 0 aliphatic carbocycles. The summed E-state index contributed by atoms with van der Waals surface area (Å²) in [7, 11) is 0. The van der Waals surface area contributed by atoms with Crippen molar-refractivity contribution in [1.82, 2.24) is 5.43 Å². The van der Waals surface area contributed by atoms with Crippen LogP contribution in [0.25, 0.3) is 0 Å². The minimum atomic E-state index is -0.104. The normalized spacial score (nSPS) is 12.4. The Balaban J connectivity index is 2.24. The van der Waals surface area contributed by atoms with Crippen LogP contribution in [-0.4, -0.2) is 0 Å². The average molecular weight is 316 g/mol. The molecule has 100 valence electrons. The lowest BCUT2D eigenvalue weighted by Crippen LogP contribution is -2.29. The number of hydrazine groups is 1. The van der Waals surface area contributed by atoms with Crippen molar-refractivity contribution in [2.75, 3.05) is 0 Å². The van der Waals surface area contributed by atoms with Gasteiger partial charge >= 0.3 is 0 Å². The maximum atomic E-state index is 6.19. The van der Waals surface area contributed by atoms with Gasteiger partial charge in [0, 0.05) is 15.1 Å². The zero-order chi connectivity index (χ0) is 13.8. The van der Waals surface area contributed by atoms with Gasteiger partial charge in [-0.05, 0) is 47.9 Å². The fraction of sp³-hybridized carbons (Fsp3) is 0.143. The van der Waals surface area contributed by atoms with Gasteiger partial charge in [0.15, 0.2) is 0 Å². The molecule has 0 fully saturated rings. The van der Waals surface area contributed by atoms with E-state index in [9.17, 15) is 0 Å². The van der Waals surface area contributed by atoms with Crippen LogP contribution < -0.4 is 11.3 Å². The number of hydrogen-bond donors (Lipinski definition) is 2. The lowest BCUT2D eigenvalue weighted by atomic mass is 9.99. The quantitative estimate of drug-likeness (QED) is 0.648. The zero-order valence-electron chi connectivity index (χ0n) is 10.0. The van der Waals surface area contributed by atoms with Crippen LogP contribution in [0.4, 0.5) is 0 Å². The number of hydrogen-bond acceptors (Lipinski definition) is 2. The topological polar surface area (TPSA) is 38.0 Å². The van der Waals surface area contributed by atoms with Gasteiger partial charge in [-0.15, -0.1) is 0 Å². The third-order valence-electron chi connectivity index (χ3n) is 2.89. The summed E-state index contributed by atoms with van der Waals surface area (Å²) in [6, 6.07) is 12.9. The molecule has 0 spiro atoms. The minimum absolute atomic E-state index is 0.104. The third kappa shape index (κ3) is 3.85. The van der Waals surface area contributed by atoms with E-state index in [0.717, 1.165) is 11.1 Å². The van der Waals surface area contributed by atoms with Crippen LogP contribution in [0.3, 0.4) is 0 Å². The summed E-state index contributed by atoms with van der Waals surface area (Å²) < 4.78 is 0. The van der Waals surface area contributed by atoms with Crippen LogP contribution in [0.5, 0.6) is 0 Å². The van der Waals surface area contributed by atoms with Crippen molar-refractivity contribution in [3.05, 3.63) is 68.7 Å². The molecule has 0 saturated heterocycles. The van der Waals surface area contributed by atoms with Crippen molar-refractivity contribution in [2.45, 2.75) is 12.5 Å². The second kappa shape index (κ2) is 6.60. The van der Waals surface area contributed by atoms with Gasteiger partial charge in [0.1, 0.15) is 0 Å². The van der Waals surface area contributed by atoms with Crippen molar-refractivity contribution < 1.29 is 0 Å². The summed E-state index contributed by atoms with van der Waals surface area (Å²) in [6.07, 6.45) is 0.702. The van der Waals surface area contributed by atoms with E-state index < -0.39 is 0 Å². The Hall–Kier alpha value is -0.770. The molecule has 2 rings (SSSR count). The zero-order valence-corrected chi connectivity index (χ0v) is 12.3. The summed E-state index contributed by atoms with van der Waals surface area (Å²) in [5.74, 6) is 5.62. The second-order valence-electron chi connectivity index (χ2n) is 4.22. The Labute approximate surface area is 127 Å². The highest BCUT2D eigenvalue weighted by molar-refractivity contribution is 6.33. The fourth-order valence-corrected chi connectivity index (χ4v) is 2.45. The van der Waals surface area contributed by atoms with E-state index in [1.807, 2.05) is 30.3 Å². The molecule has 1 unspecified atom stereocenters. The molecule has 0 aromatic heterocycles. The fourth-order valence-electron chi connectivity index (χ4n) is 1.90. The van der Waals surface area contributed by atoms with Crippen LogP contribution in [0, 0.1) is 0 Å². The van der Waals surface area contributed by atoms with Gasteiger partial charge in [-0.2, -0.15) is 0 Å². The highest BCUT2D eigenvalue weighted by Crippen LogP contribution is 2.28. The first-order valence-corrected chi connectivity index (χ1v) is 6.89. The Morgan fingerprint density at radius 1 is 0.947 bits per heavy atom. The Kier molecular flexibility index (Phi) is 5.08. The molecule has 2 aromatic carbocycles. The molecule has 2 aromatic rings. The smallest absolute Gasteiger partial charge is 0.0515 e. The molecular weight excluding hydrogens is 303 g/mol. The molecule has 0 aliphatic rings. The van der Waals surface area contributed by atoms with Crippen LogP contribution >= 0.6 is 34.8 Å². The number of nitrogens with one attached hydrogen (secondary N) is 1. The lowest BCUT2D eigenvalue weighted by Gasteiger charge is -2.18. The second-order valence-corrected chi connectivity index (χ2v) is 5.50. The van der Waals surface area contributed by atoms with E-state index in [2.05, 4.69) is 5.43 Å². The van der Waals surface area contributed by atoms with Crippen molar-refractivity contribution in [3.8, 4) is 0 Å². The first-order valence-electron chi connectivity index (χ1n) is 5.75. The minimum Gasteiger partial charge on any atom is -0.271 e. The number of benzene rings is 2. The van der Waals surface area contributed by atoms with Gasteiger partial charge in [0.25, 0.3) is 0 Å². The first-order chi connectivity index (χ1) is 9.10. The molecule has 0 radical (unpaired) electrons. The number of nitrogens with two attached hydrogens (primary N) is 1. The highest BCUT2D eigenvalue weighted by Gasteiger charge is 2.14. The lowest BCUT2D eigenvalue weighted by molar-refractivity contribution is 0.552. The largest absolute Gasteiger partial charge is 0.271 e. The molecule has 0 amide bonds. The van der Waals surface area contributed by atoms with Crippen molar-refractivity contribution >= 4 is 34.8 Å². The van der Waals surface area contributed by atoms with Gasteiger partial charge < -0.3 is 0 Å². The number of halogens is 3. The van der Waals surface area contributed by atoms with E-state index in [1.54, 1.807) is 12.1 Å². The highest BCUT2D eigenvalue weighted by atomic mass is 35.5. The van der Waals surface area contributed by atoms with Gasteiger partial charge in [-0.25, -0.2) is 0 Å². The van der Waals surface area contributed by atoms with Gasteiger partial charge in [-0.1, -0.05) is 46.9 Å². The Morgan fingerprint density at radius 3 is 2.21 bits per heavy atom. The SMILES string of the molecule is NNC(Cc1ccc(Cl)cc1)c1cc(Cl)ccc1Cl. The Bertz CT molecular complexity index is 555. The predicted molar refractivity (Wildman–Crippen MR) is 81.7 cm³/mol. The molecule has 19 heavy (non-hydrogen) atoms. The van der Waals surface area contributed by atoms with Crippen molar-refractivity contribution in [2.24, 2.45) is 5.84 Å². The van der Waals surface area contributed by atoms with E-state index in [4.69, 9.17) is 40.6 Å². The summed E-state index contributed by atoms with van der Waals surface area (Å²) in [4.78, 5) is 0. The van der Waals surface area contributed by atoms with Gasteiger partial charge in [-0.3, -0.25) is 11.3 Å². The molecule has 0 saturated carbocycles. The molecule has 2 nitrogen and oxygen atoms in total. The molecule has 0 bridgehead atoms. The maximum Gasteiger partial charge on any atom is 0.0515 e. The van der Waals surface area contributed by atoms with Crippen LogP contribution in [0.15, 0.2) is 42.5 Å². The van der Waals surface area contributed by atoms with Crippen molar-refractivity contribution in [1.29, 1.82) is 0 Å². The summed E-state index contributed by atoms with van der Waals surface area (Å²) >= 11 is 18.0. The summed E-state index contributed by atoms with van der Waals surface area (Å²) in [5.41, 5.74) is 4.77. The molecule has 3 N–H and O–H groups in total. The van der Waals surface area contributed by atoms with E-state index in [0.29, 0.717) is 21.5 Å². The van der Waals surface area contributed by atoms with Gasteiger partial charge in [0.2, 0.25) is 0 Å². The Morgan fingerprint density at radius 2 is 1.58 bits per heavy atom. The van der Waals surface area contributed by atoms with Crippen molar-refractivity contribution in [3.63, 3.8) is 0 Å². The monoisotopic (exact) mass is 314 g/mol. The standard InChI is InChI=1S/C14H13Cl3N2/c15-10-3-1-9(2-4-10)7-14(19-18)12-8-11(16)5-6-13(12)17/h1-6,8,14,19H,7,18H2. The predicted octanol–water partition coefficient (Wildman–Crippen LogP) is 4.39. The summed E-state index contributed by atoms with van der Waals surface area (Å²) in [5, 5.41) is 1.99. The molecule has 0 heterocycles. The average Bonchev–Trinajstić information content (AvgIpc) is 2.41. The van der Waals surface area contributed by atoms with Crippen LogP contribution in [-0.2, 0) is 6.42 Å². The first kappa shape index (κ1) is 14.6. The van der Waals surface area contributed by atoms with E-state index >= 15 is 0 Å². The molecule has 5 heteroatoms. The molecule has 0 aliphatic heterocycles. The summed E-state index contributed by atoms with van der Waals surface area (Å²) in [6.45, 7) is 0.